The van der Waals surface area contributed by atoms with Gasteiger partial charge in [0.25, 0.3) is 5.56 Å². The summed E-state index contributed by atoms with van der Waals surface area (Å²) in [6.45, 7) is -0.0590. The molecule has 0 fully saturated rings. The summed E-state index contributed by atoms with van der Waals surface area (Å²) < 4.78 is 1.45. The Morgan fingerprint density at radius 1 is 1.04 bits per heavy atom. The Balaban J connectivity index is 1.63. The topological polar surface area (TPSA) is 64.0 Å². The average molecular weight is 375 g/mol. The lowest BCUT2D eigenvalue weighted by atomic mass is 10.1. The number of rotatable bonds is 5. The van der Waals surface area contributed by atoms with E-state index >= 15 is 0 Å². The molecule has 0 spiro atoms. The minimum atomic E-state index is -0.295. The van der Waals surface area contributed by atoms with Crippen molar-refractivity contribution in [1.29, 1.82) is 0 Å². The third-order valence-corrected chi connectivity index (χ3v) is 5.26. The zero-order chi connectivity index (χ0) is 18.6. The first-order valence-electron chi connectivity index (χ1n) is 8.54. The molecule has 2 aromatic carbocycles. The SMILES string of the molecule is O=C(Cn1c(=O)cnc2ccccc21)NC(c1ccccc1)c1cccs1. The van der Waals surface area contributed by atoms with Gasteiger partial charge < -0.3 is 5.32 Å². The quantitative estimate of drug-likeness (QED) is 0.582. The molecule has 1 N–H and O–H groups in total. The minimum absolute atomic E-state index is 0.0590. The lowest BCUT2D eigenvalue weighted by Crippen LogP contribution is -2.35. The van der Waals surface area contributed by atoms with E-state index in [-0.39, 0.29) is 24.1 Å². The molecule has 5 nitrogen and oxygen atoms in total. The second-order valence-corrected chi connectivity index (χ2v) is 7.08. The molecule has 4 aromatic rings. The van der Waals surface area contributed by atoms with E-state index < -0.39 is 0 Å². The van der Waals surface area contributed by atoms with Crippen LogP contribution in [0.5, 0.6) is 0 Å². The van der Waals surface area contributed by atoms with Crippen LogP contribution < -0.4 is 10.9 Å². The lowest BCUT2D eigenvalue weighted by Gasteiger charge is -2.19. The molecule has 0 saturated heterocycles. The van der Waals surface area contributed by atoms with Crippen molar-refractivity contribution in [3.8, 4) is 0 Å². The van der Waals surface area contributed by atoms with Crippen molar-refractivity contribution >= 4 is 28.3 Å². The van der Waals surface area contributed by atoms with E-state index in [2.05, 4.69) is 10.3 Å². The largest absolute Gasteiger partial charge is 0.343 e. The van der Waals surface area contributed by atoms with E-state index in [9.17, 15) is 9.59 Å². The Kier molecular flexibility index (Phi) is 4.80. The maximum atomic E-state index is 12.8. The summed E-state index contributed by atoms with van der Waals surface area (Å²) in [6.07, 6.45) is 1.25. The first-order valence-corrected chi connectivity index (χ1v) is 9.42. The second-order valence-electron chi connectivity index (χ2n) is 6.10. The van der Waals surface area contributed by atoms with Gasteiger partial charge in [-0.1, -0.05) is 48.5 Å². The van der Waals surface area contributed by atoms with E-state index in [0.717, 1.165) is 10.4 Å². The van der Waals surface area contributed by atoms with Gasteiger partial charge in [-0.15, -0.1) is 11.3 Å². The maximum absolute atomic E-state index is 12.8. The number of hydrogen-bond acceptors (Lipinski definition) is 4. The fourth-order valence-corrected chi connectivity index (χ4v) is 3.85. The number of para-hydroxylation sites is 2. The Labute approximate surface area is 159 Å². The first-order chi connectivity index (χ1) is 13.2. The van der Waals surface area contributed by atoms with Gasteiger partial charge in [-0.05, 0) is 29.1 Å². The molecule has 0 saturated carbocycles. The van der Waals surface area contributed by atoms with Crippen LogP contribution in [0.15, 0.2) is 83.1 Å². The maximum Gasteiger partial charge on any atom is 0.269 e. The summed E-state index contributed by atoms with van der Waals surface area (Å²) in [7, 11) is 0. The predicted octanol–water partition coefficient (Wildman–Crippen LogP) is 3.36. The Morgan fingerprint density at radius 2 is 1.81 bits per heavy atom. The van der Waals surface area contributed by atoms with E-state index in [4.69, 9.17) is 0 Å². The summed E-state index contributed by atoms with van der Waals surface area (Å²) in [5.74, 6) is -0.226. The molecule has 1 amide bonds. The number of thiophene rings is 1. The highest BCUT2D eigenvalue weighted by Gasteiger charge is 2.18. The molecular weight excluding hydrogens is 358 g/mol. The summed E-state index contributed by atoms with van der Waals surface area (Å²) in [5, 5.41) is 5.05. The summed E-state index contributed by atoms with van der Waals surface area (Å²) in [4.78, 5) is 30.3. The lowest BCUT2D eigenvalue weighted by molar-refractivity contribution is -0.122. The van der Waals surface area contributed by atoms with E-state index in [1.807, 2.05) is 66.0 Å². The summed E-state index contributed by atoms with van der Waals surface area (Å²) >= 11 is 1.59. The number of carbonyl (C=O) groups is 1. The molecule has 0 aliphatic rings. The molecule has 0 radical (unpaired) electrons. The van der Waals surface area contributed by atoms with E-state index in [1.54, 1.807) is 17.4 Å². The number of aromatic nitrogens is 2. The number of fused-ring (bicyclic) bond motifs is 1. The van der Waals surface area contributed by atoms with Gasteiger partial charge in [0.1, 0.15) is 6.54 Å². The molecular formula is C21H17N3O2S. The Morgan fingerprint density at radius 3 is 2.59 bits per heavy atom. The standard InChI is InChI=1S/C21H17N3O2S/c25-19(14-24-17-10-5-4-9-16(17)22-13-20(24)26)23-21(18-11-6-12-27-18)15-7-2-1-3-8-15/h1-13,21H,14H2,(H,23,25). The normalized spacial score (nSPS) is 12.0. The summed E-state index contributed by atoms with van der Waals surface area (Å²) in [6, 6.07) is 20.8. The van der Waals surface area contributed by atoms with Crippen molar-refractivity contribution < 1.29 is 4.79 Å². The van der Waals surface area contributed by atoms with Gasteiger partial charge >= 0.3 is 0 Å². The smallest absolute Gasteiger partial charge is 0.269 e. The monoisotopic (exact) mass is 375 g/mol. The van der Waals surface area contributed by atoms with Gasteiger partial charge in [-0.25, -0.2) is 4.98 Å². The molecule has 2 aromatic heterocycles. The molecule has 1 unspecified atom stereocenters. The number of amides is 1. The van der Waals surface area contributed by atoms with Gasteiger partial charge in [-0.2, -0.15) is 0 Å². The highest BCUT2D eigenvalue weighted by Crippen LogP contribution is 2.25. The van der Waals surface area contributed by atoms with Crippen molar-refractivity contribution in [3.05, 3.63) is 99.1 Å². The van der Waals surface area contributed by atoms with Gasteiger partial charge in [-0.3, -0.25) is 14.2 Å². The molecule has 0 bridgehead atoms. The van der Waals surface area contributed by atoms with Crippen LogP contribution in [0.25, 0.3) is 11.0 Å². The molecule has 27 heavy (non-hydrogen) atoms. The van der Waals surface area contributed by atoms with Crippen molar-refractivity contribution in [2.45, 2.75) is 12.6 Å². The Hall–Kier alpha value is -3.25. The molecule has 1 atom stereocenters. The van der Waals surface area contributed by atoms with Gasteiger partial charge in [0, 0.05) is 4.88 Å². The number of nitrogens with zero attached hydrogens (tertiary/aromatic N) is 2. The van der Waals surface area contributed by atoms with Gasteiger partial charge in [0.15, 0.2) is 0 Å². The highest BCUT2D eigenvalue weighted by molar-refractivity contribution is 7.10. The van der Waals surface area contributed by atoms with Crippen LogP contribution in [0.3, 0.4) is 0 Å². The zero-order valence-corrected chi connectivity index (χ0v) is 15.2. The third kappa shape index (κ3) is 3.66. The average Bonchev–Trinajstić information content (AvgIpc) is 3.23. The fourth-order valence-electron chi connectivity index (χ4n) is 3.05. The van der Waals surface area contributed by atoms with Crippen LogP contribution in [0, 0.1) is 0 Å². The van der Waals surface area contributed by atoms with E-state index in [0.29, 0.717) is 11.0 Å². The zero-order valence-electron chi connectivity index (χ0n) is 14.4. The molecule has 0 aliphatic carbocycles. The number of nitrogens with one attached hydrogen (secondary N) is 1. The Bertz CT molecular complexity index is 1120. The molecule has 2 heterocycles. The summed E-state index contributed by atoms with van der Waals surface area (Å²) in [5.41, 5.74) is 2.03. The van der Waals surface area contributed by atoms with Gasteiger partial charge in [0.2, 0.25) is 5.91 Å². The van der Waals surface area contributed by atoms with Crippen LogP contribution in [-0.2, 0) is 11.3 Å². The molecule has 134 valence electrons. The fraction of sp³-hybridized carbons (Fsp3) is 0.0952. The molecule has 0 aliphatic heterocycles. The van der Waals surface area contributed by atoms with Crippen molar-refractivity contribution in [2.24, 2.45) is 0 Å². The number of benzene rings is 2. The molecule has 6 heteroatoms. The number of hydrogen-bond donors (Lipinski definition) is 1. The van der Waals surface area contributed by atoms with Crippen LogP contribution in [-0.4, -0.2) is 15.5 Å². The minimum Gasteiger partial charge on any atom is -0.343 e. The van der Waals surface area contributed by atoms with Crippen molar-refractivity contribution in [3.63, 3.8) is 0 Å². The van der Waals surface area contributed by atoms with Crippen molar-refractivity contribution in [1.82, 2.24) is 14.9 Å². The van der Waals surface area contributed by atoms with Crippen LogP contribution in [0.1, 0.15) is 16.5 Å². The van der Waals surface area contributed by atoms with Crippen LogP contribution in [0.2, 0.25) is 0 Å². The second kappa shape index (κ2) is 7.55. The van der Waals surface area contributed by atoms with Crippen molar-refractivity contribution in [2.75, 3.05) is 0 Å². The first kappa shape index (κ1) is 17.2. The predicted molar refractivity (Wildman–Crippen MR) is 107 cm³/mol. The third-order valence-electron chi connectivity index (χ3n) is 4.32. The molecule has 4 rings (SSSR count). The van der Waals surface area contributed by atoms with Gasteiger partial charge in [0.05, 0.1) is 23.3 Å². The number of carbonyl (C=O) groups excluding carboxylic acids is 1. The van der Waals surface area contributed by atoms with E-state index in [1.165, 1.54) is 10.8 Å². The highest BCUT2D eigenvalue weighted by atomic mass is 32.1. The van der Waals surface area contributed by atoms with Crippen LogP contribution >= 0.6 is 11.3 Å². The van der Waals surface area contributed by atoms with Crippen LogP contribution in [0.4, 0.5) is 0 Å².